The van der Waals surface area contributed by atoms with Gasteiger partial charge in [0.15, 0.2) is 0 Å². The maximum Gasteiger partial charge on any atom is 0.128 e. The maximum atomic E-state index is 4.73. The van der Waals surface area contributed by atoms with Crippen LogP contribution in [0.25, 0.3) is 0 Å². The van der Waals surface area contributed by atoms with E-state index in [0.717, 1.165) is 31.0 Å². The van der Waals surface area contributed by atoms with E-state index in [9.17, 15) is 0 Å². The van der Waals surface area contributed by atoms with Crippen LogP contribution in [0, 0.1) is 0 Å². The van der Waals surface area contributed by atoms with E-state index in [4.69, 9.17) is 4.98 Å². The second-order valence-electron chi connectivity index (χ2n) is 4.91. The van der Waals surface area contributed by atoms with Crippen LogP contribution in [0.4, 0.5) is 5.82 Å². The molecular formula is C15H27N3S. The molecule has 0 aliphatic rings. The molecule has 0 bridgehead atoms. The highest BCUT2D eigenvalue weighted by Crippen LogP contribution is 2.15. The fraction of sp³-hybridized carbons (Fsp3) is 0.667. The summed E-state index contributed by atoms with van der Waals surface area (Å²) in [6.45, 7) is 6.35. The van der Waals surface area contributed by atoms with Crippen molar-refractivity contribution in [3.63, 3.8) is 0 Å². The van der Waals surface area contributed by atoms with E-state index in [0.29, 0.717) is 6.04 Å². The zero-order valence-corrected chi connectivity index (χ0v) is 13.5. The number of pyridine rings is 1. The molecule has 0 saturated carbocycles. The van der Waals surface area contributed by atoms with Crippen molar-refractivity contribution in [2.75, 3.05) is 30.5 Å². The molecule has 1 unspecified atom stereocenters. The SMILES string of the molecule is CCCNCc1cccc(N(C)C(C)CCSC)n1. The number of thioether (sulfide) groups is 1. The third-order valence-corrected chi connectivity index (χ3v) is 3.93. The molecule has 19 heavy (non-hydrogen) atoms. The highest BCUT2D eigenvalue weighted by Gasteiger charge is 2.11. The van der Waals surface area contributed by atoms with Crippen molar-refractivity contribution in [2.45, 2.75) is 39.3 Å². The molecule has 108 valence electrons. The van der Waals surface area contributed by atoms with Crippen LogP contribution in [0.2, 0.25) is 0 Å². The molecule has 1 heterocycles. The van der Waals surface area contributed by atoms with Crippen molar-refractivity contribution in [2.24, 2.45) is 0 Å². The highest BCUT2D eigenvalue weighted by molar-refractivity contribution is 7.98. The molecule has 1 aromatic heterocycles. The lowest BCUT2D eigenvalue weighted by molar-refractivity contribution is 0.647. The van der Waals surface area contributed by atoms with Crippen molar-refractivity contribution in [1.29, 1.82) is 0 Å². The molecule has 0 aromatic carbocycles. The van der Waals surface area contributed by atoms with E-state index in [-0.39, 0.29) is 0 Å². The topological polar surface area (TPSA) is 28.2 Å². The number of hydrogen-bond acceptors (Lipinski definition) is 4. The number of rotatable bonds is 9. The predicted molar refractivity (Wildman–Crippen MR) is 87.1 cm³/mol. The summed E-state index contributed by atoms with van der Waals surface area (Å²) in [5.74, 6) is 2.27. The van der Waals surface area contributed by atoms with Crippen molar-refractivity contribution < 1.29 is 0 Å². The van der Waals surface area contributed by atoms with Crippen LogP contribution < -0.4 is 10.2 Å². The minimum atomic E-state index is 0.527. The number of hydrogen-bond donors (Lipinski definition) is 1. The Kier molecular flexibility index (Phi) is 7.91. The summed E-state index contributed by atoms with van der Waals surface area (Å²) in [7, 11) is 2.14. The number of nitrogens with zero attached hydrogens (tertiary/aromatic N) is 2. The minimum Gasteiger partial charge on any atom is -0.357 e. The van der Waals surface area contributed by atoms with Crippen LogP contribution >= 0.6 is 11.8 Å². The molecule has 0 radical (unpaired) electrons. The normalized spacial score (nSPS) is 12.4. The maximum absolute atomic E-state index is 4.73. The number of anilines is 1. The van der Waals surface area contributed by atoms with Crippen LogP contribution in [0.1, 0.15) is 32.4 Å². The van der Waals surface area contributed by atoms with Gasteiger partial charge in [-0.2, -0.15) is 11.8 Å². The monoisotopic (exact) mass is 281 g/mol. The Morgan fingerprint density at radius 3 is 2.89 bits per heavy atom. The molecule has 0 amide bonds. The van der Waals surface area contributed by atoms with Gasteiger partial charge >= 0.3 is 0 Å². The van der Waals surface area contributed by atoms with Gasteiger partial charge in [0.05, 0.1) is 5.69 Å². The summed E-state index contributed by atoms with van der Waals surface area (Å²) in [6, 6.07) is 6.81. The van der Waals surface area contributed by atoms with E-state index >= 15 is 0 Å². The predicted octanol–water partition coefficient (Wildman–Crippen LogP) is 3.16. The lowest BCUT2D eigenvalue weighted by Crippen LogP contribution is -2.30. The van der Waals surface area contributed by atoms with Gasteiger partial charge in [0.1, 0.15) is 5.82 Å². The lowest BCUT2D eigenvalue weighted by atomic mass is 10.2. The molecule has 1 N–H and O–H groups in total. The molecule has 0 aliphatic carbocycles. The first-order valence-corrected chi connectivity index (χ1v) is 8.46. The lowest BCUT2D eigenvalue weighted by Gasteiger charge is -2.26. The molecule has 0 spiro atoms. The van der Waals surface area contributed by atoms with E-state index in [1.54, 1.807) is 0 Å². The highest BCUT2D eigenvalue weighted by atomic mass is 32.2. The van der Waals surface area contributed by atoms with Crippen molar-refractivity contribution in [3.05, 3.63) is 23.9 Å². The Balaban J connectivity index is 2.58. The fourth-order valence-electron chi connectivity index (χ4n) is 1.86. The van der Waals surface area contributed by atoms with Crippen LogP contribution in [-0.2, 0) is 6.54 Å². The molecule has 1 atom stereocenters. The van der Waals surface area contributed by atoms with E-state index < -0.39 is 0 Å². The van der Waals surface area contributed by atoms with Gasteiger partial charge in [0.2, 0.25) is 0 Å². The standard InChI is InChI=1S/C15H27N3S/c1-5-10-16-12-14-7-6-8-15(17-14)18(3)13(2)9-11-19-4/h6-8,13,16H,5,9-12H2,1-4H3. The van der Waals surface area contributed by atoms with Crippen LogP contribution in [-0.4, -0.2) is 36.6 Å². The second kappa shape index (κ2) is 9.21. The second-order valence-corrected chi connectivity index (χ2v) is 5.89. The average Bonchev–Trinajstić information content (AvgIpc) is 2.44. The molecule has 1 rings (SSSR count). The first kappa shape index (κ1) is 16.3. The van der Waals surface area contributed by atoms with Gasteiger partial charge < -0.3 is 10.2 Å². The first-order valence-electron chi connectivity index (χ1n) is 7.07. The van der Waals surface area contributed by atoms with Crippen LogP contribution in [0.3, 0.4) is 0 Å². The summed E-state index contributed by atoms with van der Waals surface area (Å²) in [4.78, 5) is 7.01. The third-order valence-electron chi connectivity index (χ3n) is 3.29. The third kappa shape index (κ3) is 5.83. The Hall–Kier alpha value is -0.740. The van der Waals surface area contributed by atoms with Gasteiger partial charge in [0.25, 0.3) is 0 Å². The van der Waals surface area contributed by atoms with Gasteiger partial charge in [-0.3, -0.25) is 0 Å². The summed E-state index contributed by atoms with van der Waals surface area (Å²) < 4.78 is 0. The summed E-state index contributed by atoms with van der Waals surface area (Å²) in [6.07, 6.45) is 4.51. The molecule has 3 nitrogen and oxygen atoms in total. The average molecular weight is 281 g/mol. The summed E-state index contributed by atoms with van der Waals surface area (Å²) in [5, 5.41) is 3.40. The Morgan fingerprint density at radius 1 is 1.42 bits per heavy atom. The number of nitrogens with one attached hydrogen (secondary N) is 1. The molecule has 0 aliphatic heterocycles. The summed E-state index contributed by atoms with van der Waals surface area (Å²) in [5.41, 5.74) is 1.12. The molecular weight excluding hydrogens is 254 g/mol. The molecule has 4 heteroatoms. The van der Waals surface area contributed by atoms with Gasteiger partial charge in [-0.05, 0) is 50.5 Å². The minimum absolute atomic E-state index is 0.527. The number of aromatic nitrogens is 1. The van der Waals surface area contributed by atoms with Crippen molar-refractivity contribution in [3.8, 4) is 0 Å². The van der Waals surface area contributed by atoms with Gasteiger partial charge in [0, 0.05) is 19.6 Å². The first-order chi connectivity index (χ1) is 9.19. The largest absolute Gasteiger partial charge is 0.357 e. The quantitative estimate of drug-likeness (QED) is 0.704. The zero-order valence-electron chi connectivity index (χ0n) is 12.6. The van der Waals surface area contributed by atoms with Gasteiger partial charge in [-0.15, -0.1) is 0 Å². The zero-order chi connectivity index (χ0) is 14.1. The fourth-order valence-corrected chi connectivity index (χ4v) is 2.44. The molecule has 0 saturated heterocycles. The van der Waals surface area contributed by atoms with E-state index in [2.05, 4.69) is 55.6 Å². The van der Waals surface area contributed by atoms with E-state index in [1.165, 1.54) is 12.2 Å². The smallest absolute Gasteiger partial charge is 0.128 e. The Labute approximate surface area is 122 Å². The van der Waals surface area contributed by atoms with Crippen LogP contribution in [0.15, 0.2) is 18.2 Å². The molecule has 0 fully saturated rings. The van der Waals surface area contributed by atoms with Gasteiger partial charge in [-0.25, -0.2) is 4.98 Å². The van der Waals surface area contributed by atoms with Gasteiger partial charge in [-0.1, -0.05) is 13.0 Å². The molecule has 1 aromatic rings. The van der Waals surface area contributed by atoms with Crippen molar-refractivity contribution >= 4 is 17.6 Å². The Bertz CT molecular complexity index is 357. The Morgan fingerprint density at radius 2 is 2.21 bits per heavy atom. The van der Waals surface area contributed by atoms with Crippen molar-refractivity contribution in [1.82, 2.24) is 10.3 Å². The van der Waals surface area contributed by atoms with E-state index in [1.807, 2.05) is 11.8 Å². The summed E-state index contributed by atoms with van der Waals surface area (Å²) >= 11 is 1.90. The van der Waals surface area contributed by atoms with Crippen LogP contribution in [0.5, 0.6) is 0 Å².